The Hall–Kier alpha value is -1.88. The number of hydrogen-bond acceptors (Lipinski definition) is 4. The average molecular weight is 263 g/mol. The van der Waals surface area contributed by atoms with E-state index < -0.39 is 11.6 Å². The van der Waals surface area contributed by atoms with Crippen molar-refractivity contribution in [1.82, 2.24) is 0 Å². The topological polar surface area (TPSA) is 64.6 Å². The van der Waals surface area contributed by atoms with Crippen LogP contribution in [0.1, 0.15) is 30.1 Å². The third kappa shape index (κ3) is 2.93. The molecule has 1 amide bonds. The Morgan fingerprint density at radius 2 is 2.00 bits per heavy atom. The first-order valence-electron chi connectivity index (χ1n) is 6.19. The fraction of sp³-hybridized carbons (Fsp3) is 0.429. The van der Waals surface area contributed by atoms with Crippen LogP contribution in [0.25, 0.3) is 0 Å². The predicted octanol–water partition coefficient (Wildman–Crippen LogP) is 1.98. The molecule has 0 bridgehead atoms. The van der Waals surface area contributed by atoms with Gasteiger partial charge in [-0.05, 0) is 44.0 Å². The smallest absolute Gasteiger partial charge is 0.337 e. The average Bonchev–Trinajstić information content (AvgIpc) is 2.87. The molecule has 19 heavy (non-hydrogen) atoms. The van der Waals surface area contributed by atoms with Crippen molar-refractivity contribution < 1.29 is 19.1 Å². The normalized spacial score (nSPS) is 22.0. The fourth-order valence-corrected chi connectivity index (χ4v) is 2.03. The maximum absolute atomic E-state index is 12.1. The van der Waals surface area contributed by atoms with Crippen LogP contribution in [0.15, 0.2) is 24.3 Å². The molecule has 0 spiro atoms. The molecule has 5 heteroatoms. The van der Waals surface area contributed by atoms with E-state index in [-0.39, 0.29) is 5.91 Å². The Labute approximate surface area is 111 Å². The number of rotatable bonds is 3. The maximum Gasteiger partial charge on any atom is 0.337 e. The van der Waals surface area contributed by atoms with Gasteiger partial charge in [-0.1, -0.05) is 0 Å². The Morgan fingerprint density at radius 1 is 1.32 bits per heavy atom. The number of carbonyl (C=O) groups excluding carboxylic acids is 2. The number of benzene rings is 1. The summed E-state index contributed by atoms with van der Waals surface area (Å²) in [7, 11) is 1.33. The van der Waals surface area contributed by atoms with Crippen molar-refractivity contribution in [1.29, 1.82) is 0 Å². The van der Waals surface area contributed by atoms with Gasteiger partial charge in [0.05, 0.1) is 12.7 Å². The molecule has 0 saturated carbocycles. The van der Waals surface area contributed by atoms with E-state index in [0.29, 0.717) is 17.9 Å². The molecule has 1 saturated heterocycles. The summed E-state index contributed by atoms with van der Waals surface area (Å²) in [6.45, 7) is 2.41. The molecule has 5 nitrogen and oxygen atoms in total. The summed E-state index contributed by atoms with van der Waals surface area (Å²) in [6, 6.07) is 6.56. The minimum absolute atomic E-state index is 0.157. The number of nitrogens with one attached hydrogen (secondary N) is 1. The van der Waals surface area contributed by atoms with E-state index in [2.05, 4.69) is 10.1 Å². The van der Waals surface area contributed by atoms with Gasteiger partial charge < -0.3 is 14.8 Å². The van der Waals surface area contributed by atoms with Crippen molar-refractivity contribution in [3.05, 3.63) is 29.8 Å². The summed E-state index contributed by atoms with van der Waals surface area (Å²) >= 11 is 0. The molecule has 1 aromatic rings. The first kappa shape index (κ1) is 13.5. The lowest BCUT2D eigenvalue weighted by atomic mass is 10.0. The Balaban J connectivity index is 2.03. The van der Waals surface area contributed by atoms with E-state index in [9.17, 15) is 9.59 Å². The summed E-state index contributed by atoms with van der Waals surface area (Å²) in [5, 5.41) is 2.79. The van der Waals surface area contributed by atoms with Gasteiger partial charge in [-0.25, -0.2) is 4.79 Å². The third-order valence-corrected chi connectivity index (χ3v) is 3.26. The van der Waals surface area contributed by atoms with E-state index in [0.717, 1.165) is 12.8 Å². The van der Waals surface area contributed by atoms with Gasteiger partial charge in [0.2, 0.25) is 0 Å². The van der Waals surface area contributed by atoms with E-state index in [1.165, 1.54) is 7.11 Å². The lowest BCUT2D eigenvalue weighted by Gasteiger charge is -2.21. The highest BCUT2D eigenvalue weighted by Gasteiger charge is 2.37. The van der Waals surface area contributed by atoms with Crippen molar-refractivity contribution in [3.8, 4) is 0 Å². The molecule has 1 atom stereocenters. The molecular formula is C14H17NO4. The SMILES string of the molecule is COC(=O)c1ccc(NC(=O)C2(C)CCCO2)cc1. The van der Waals surface area contributed by atoms with Crippen LogP contribution >= 0.6 is 0 Å². The summed E-state index contributed by atoms with van der Waals surface area (Å²) < 4.78 is 10.1. The summed E-state index contributed by atoms with van der Waals surface area (Å²) in [6.07, 6.45) is 1.62. The minimum atomic E-state index is -0.749. The molecule has 2 rings (SSSR count). The van der Waals surface area contributed by atoms with E-state index in [1.54, 1.807) is 31.2 Å². The zero-order chi connectivity index (χ0) is 13.9. The van der Waals surface area contributed by atoms with Gasteiger partial charge in [-0.15, -0.1) is 0 Å². The van der Waals surface area contributed by atoms with Crippen LogP contribution in [0.4, 0.5) is 5.69 Å². The molecule has 1 fully saturated rings. The molecule has 1 aromatic carbocycles. The maximum atomic E-state index is 12.1. The molecule has 0 radical (unpaired) electrons. The van der Waals surface area contributed by atoms with Gasteiger partial charge in [-0.2, -0.15) is 0 Å². The van der Waals surface area contributed by atoms with Gasteiger partial charge in [0.25, 0.3) is 5.91 Å². The predicted molar refractivity (Wildman–Crippen MR) is 70.0 cm³/mol. The molecule has 1 heterocycles. The summed E-state index contributed by atoms with van der Waals surface area (Å²) in [4.78, 5) is 23.4. The minimum Gasteiger partial charge on any atom is -0.465 e. The number of methoxy groups -OCH3 is 1. The zero-order valence-corrected chi connectivity index (χ0v) is 11.1. The first-order valence-corrected chi connectivity index (χ1v) is 6.19. The highest BCUT2D eigenvalue weighted by molar-refractivity contribution is 5.97. The summed E-state index contributed by atoms with van der Waals surface area (Å²) in [5.41, 5.74) is 0.333. The Morgan fingerprint density at radius 3 is 2.53 bits per heavy atom. The van der Waals surface area contributed by atoms with Gasteiger partial charge in [0.1, 0.15) is 5.60 Å². The molecule has 1 N–H and O–H groups in total. The second kappa shape index (κ2) is 5.40. The van der Waals surface area contributed by atoms with E-state index in [4.69, 9.17) is 4.74 Å². The van der Waals surface area contributed by atoms with Crippen LogP contribution in [0, 0.1) is 0 Å². The van der Waals surface area contributed by atoms with Gasteiger partial charge >= 0.3 is 5.97 Å². The number of amides is 1. The molecule has 1 aliphatic heterocycles. The van der Waals surface area contributed by atoms with Crippen LogP contribution < -0.4 is 5.32 Å². The highest BCUT2D eigenvalue weighted by Crippen LogP contribution is 2.26. The van der Waals surface area contributed by atoms with Crippen LogP contribution in [-0.4, -0.2) is 31.2 Å². The van der Waals surface area contributed by atoms with Crippen LogP contribution in [0.3, 0.4) is 0 Å². The van der Waals surface area contributed by atoms with Crippen molar-refractivity contribution in [3.63, 3.8) is 0 Å². The zero-order valence-electron chi connectivity index (χ0n) is 11.1. The van der Waals surface area contributed by atoms with Crippen LogP contribution in [-0.2, 0) is 14.3 Å². The highest BCUT2D eigenvalue weighted by atomic mass is 16.5. The van der Waals surface area contributed by atoms with Gasteiger partial charge in [0.15, 0.2) is 0 Å². The molecule has 0 aliphatic carbocycles. The lowest BCUT2D eigenvalue weighted by Crippen LogP contribution is -2.39. The number of anilines is 1. The van der Waals surface area contributed by atoms with Crippen molar-refractivity contribution in [2.75, 3.05) is 19.0 Å². The van der Waals surface area contributed by atoms with Crippen LogP contribution in [0.5, 0.6) is 0 Å². The summed E-state index contributed by atoms with van der Waals surface area (Å²) in [5.74, 6) is -0.556. The second-order valence-electron chi connectivity index (χ2n) is 4.71. The Kier molecular flexibility index (Phi) is 3.85. The Bertz CT molecular complexity index is 475. The molecule has 102 valence electrons. The molecule has 1 aliphatic rings. The van der Waals surface area contributed by atoms with Crippen LogP contribution in [0.2, 0.25) is 0 Å². The largest absolute Gasteiger partial charge is 0.465 e. The standard InChI is InChI=1S/C14H17NO4/c1-14(8-3-9-19-14)13(17)15-11-6-4-10(5-7-11)12(16)18-2/h4-7H,3,8-9H2,1-2H3,(H,15,17). The number of hydrogen-bond donors (Lipinski definition) is 1. The van der Waals surface area contributed by atoms with Crippen molar-refractivity contribution in [2.45, 2.75) is 25.4 Å². The molecule has 0 aromatic heterocycles. The van der Waals surface area contributed by atoms with E-state index in [1.807, 2.05) is 0 Å². The van der Waals surface area contributed by atoms with Gasteiger partial charge in [0, 0.05) is 12.3 Å². The van der Waals surface area contributed by atoms with Crippen molar-refractivity contribution in [2.24, 2.45) is 0 Å². The molecular weight excluding hydrogens is 246 g/mol. The van der Waals surface area contributed by atoms with E-state index >= 15 is 0 Å². The quantitative estimate of drug-likeness (QED) is 0.847. The third-order valence-electron chi connectivity index (χ3n) is 3.26. The van der Waals surface area contributed by atoms with Crippen molar-refractivity contribution >= 4 is 17.6 Å². The fourth-order valence-electron chi connectivity index (χ4n) is 2.03. The first-order chi connectivity index (χ1) is 9.05. The number of carbonyl (C=O) groups is 2. The lowest BCUT2D eigenvalue weighted by molar-refractivity contribution is -0.133. The number of ether oxygens (including phenoxy) is 2. The number of esters is 1. The van der Waals surface area contributed by atoms with Gasteiger partial charge in [-0.3, -0.25) is 4.79 Å². The molecule has 1 unspecified atom stereocenters. The monoisotopic (exact) mass is 263 g/mol. The second-order valence-corrected chi connectivity index (χ2v) is 4.71.